The van der Waals surface area contributed by atoms with Crippen molar-refractivity contribution in [1.29, 1.82) is 0 Å². The first kappa shape index (κ1) is 12.1. The minimum absolute atomic E-state index is 0.373. The first-order valence-electron chi connectivity index (χ1n) is 6.23. The number of hydrogen-bond acceptors (Lipinski definition) is 5. The molecule has 2 heterocycles. The van der Waals surface area contributed by atoms with Gasteiger partial charge in [-0.25, -0.2) is 4.98 Å². The Bertz CT molecular complexity index is 384. The topological polar surface area (TPSA) is 67.1 Å². The Balaban J connectivity index is 2.07. The van der Waals surface area contributed by atoms with Crippen molar-refractivity contribution in [3.05, 3.63) is 11.8 Å². The summed E-state index contributed by atoms with van der Waals surface area (Å²) in [6.45, 7) is 9.37. The van der Waals surface area contributed by atoms with Crippen LogP contribution in [0.2, 0.25) is 0 Å². The molecule has 1 fully saturated rings. The third-order valence-corrected chi connectivity index (χ3v) is 3.04. The summed E-state index contributed by atoms with van der Waals surface area (Å²) in [6.07, 6.45) is 0. The van der Waals surface area contributed by atoms with Crippen LogP contribution in [0.25, 0.3) is 0 Å². The lowest BCUT2D eigenvalue weighted by Crippen LogP contribution is -2.58. The van der Waals surface area contributed by atoms with Crippen LogP contribution >= 0.6 is 0 Å². The van der Waals surface area contributed by atoms with Crippen LogP contribution in [0.4, 0.5) is 11.8 Å². The van der Waals surface area contributed by atoms with E-state index in [-0.39, 0.29) is 0 Å². The molecule has 1 aromatic heterocycles. The quantitative estimate of drug-likeness (QED) is 0.814. The highest BCUT2D eigenvalue weighted by Gasteiger charge is 2.27. The average molecular weight is 235 g/mol. The molecule has 3 N–H and O–H groups in total. The van der Waals surface area contributed by atoms with E-state index in [0.717, 1.165) is 31.1 Å². The first-order chi connectivity index (χ1) is 8.10. The Labute approximate surface area is 102 Å². The van der Waals surface area contributed by atoms with Crippen LogP contribution in [0.3, 0.4) is 0 Å². The van der Waals surface area contributed by atoms with Gasteiger partial charge in [-0.3, -0.25) is 0 Å². The number of anilines is 2. The third kappa shape index (κ3) is 2.66. The van der Waals surface area contributed by atoms with Crippen molar-refractivity contribution in [3.63, 3.8) is 0 Å². The molecule has 5 heteroatoms. The summed E-state index contributed by atoms with van der Waals surface area (Å²) in [5.41, 5.74) is 6.76. The highest BCUT2D eigenvalue weighted by Crippen LogP contribution is 2.23. The predicted octanol–water partition coefficient (Wildman–Crippen LogP) is 0.980. The van der Waals surface area contributed by atoms with Gasteiger partial charge >= 0.3 is 0 Å². The molecule has 1 aromatic rings. The zero-order valence-electron chi connectivity index (χ0n) is 10.8. The van der Waals surface area contributed by atoms with E-state index in [0.29, 0.717) is 17.9 Å². The maximum atomic E-state index is 5.74. The molecule has 5 nitrogen and oxygen atoms in total. The molecule has 1 aliphatic heterocycles. The molecule has 1 saturated heterocycles. The van der Waals surface area contributed by atoms with Crippen molar-refractivity contribution >= 4 is 11.8 Å². The molecule has 2 rings (SSSR count). The number of aromatic nitrogens is 2. The van der Waals surface area contributed by atoms with Gasteiger partial charge in [-0.2, -0.15) is 4.98 Å². The fourth-order valence-corrected chi connectivity index (χ4v) is 2.01. The lowest BCUT2D eigenvalue weighted by molar-refractivity contribution is 0.426. The maximum Gasteiger partial charge on any atom is 0.222 e. The van der Waals surface area contributed by atoms with E-state index in [4.69, 9.17) is 5.73 Å². The normalized spacial score (nSPS) is 16.4. The SMILES string of the molecule is CCNC1CN(c2cc(C(C)C)nc(N)n2)C1. The van der Waals surface area contributed by atoms with Gasteiger partial charge in [0.05, 0.1) is 5.69 Å². The van der Waals surface area contributed by atoms with Gasteiger partial charge in [0.2, 0.25) is 5.95 Å². The standard InChI is InChI=1S/C12H21N5/c1-4-14-9-6-17(7-9)11-5-10(8(2)3)15-12(13)16-11/h5,8-9,14H,4,6-7H2,1-3H3,(H2,13,15,16). The van der Waals surface area contributed by atoms with Crippen LogP contribution in [0.1, 0.15) is 32.4 Å². The molecule has 0 spiro atoms. The van der Waals surface area contributed by atoms with E-state index in [9.17, 15) is 0 Å². The smallest absolute Gasteiger partial charge is 0.222 e. The van der Waals surface area contributed by atoms with Crippen molar-refractivity contribution in [2.75, 3.05) is 30.3 Å². The number of nitrogen functional groups attached to an aromatic ring is 1. The molecule has 0 bridgehead atoms. The zero-order chi connectivity index (χ0) is 12.4. The van der Waals surface area contributed by atoms with Gasteiger partial charge in [0, 0.05) is 25.2 Å². The van der Waals surface area contributed by atoms with E-state index < -0.39 is 0 Å². The number of nitrogens with one attached hydrogen (secondary N) is 1. The van der Waals surface area contributed by atoms with Crippen LogP contribution in [-0.2, 0) is 0 Å². The highest BCUT2D eigenvalue weighted by molar-refractivity contribution is 5.47. The van der Waals surface area contributed by atoms with Crippen molar-refractivity contribution in [3.8, 4) is 0 Å². The predicted molar refractivity (Wildman–Crippen MR) is 70.2 cm³/mol. The summed E-state index contributed by atoms with van der Waals surface area (Å²) in [5.74, 6) is 1.71. The lowest BCUT2D eigenvalue weighted by Gasteiger charge is -2.40. The Morgan fingerprint density at radius 2 is 2.18 bits per heavy atom. The fraction of sp³-hybridized carbons (Fsp3) is 0.667. The number of nitrogens with zero attached hydrogens (tertiary/aromatic N) is 3. The van der Waals surface area contributed by atoms with Crippen molar-refractivity contribution in [2.45, 2.75) is 32.7 Å². The summed E-state index contributed by atoms with van der Waals surface area (Å²) in [5, 5.41) is 3.42. The van der Waals surface area contributed by atoms with E-state index in [1.54, 1.807) is 0 Å². The van der Waals surface area contributed by atoms with E-state index >= 15 is 0 Å². The van der Waals surface area contributed by atoms with Gasteiger partial charge in [0.1, 0.15) is 5.82 Å². The van der Waals surface area contributed by atoms with E-state index in [2.05, 4.69) is 41.0 Å². The lowest BCUT2D eigenvalue weighted by atomic mass is 10.1. The first-order valence-corrected chi connectivity index (χ1v) is 6.23. The molecule has 0 unspecified atom stereocenters. The second-order valence-corrected chi connectivity index (χ2v) is 4.82. The Morgan fingerprint density at radius 3 is 2.76 bits per heavy atom. The maximum absolute atomic E-state index is 5.74. The molecule has 0 saturated carbocycles. The van der Waals surface area contributed by atoms with Crippen LogP contribution < -0.4 is 16.0 Å². The molecule has 1 aliphatic rings. The van der Waals surface area contributed by atoms with Crippen LogP contribution in [0, 0.1) is 0 Å². The largest absolute Gasteiger partial charge is 0.368 e. The Kier molecular flexibility index (Phi) is 3.47. The fourth-order valence-electron chi connectivity index (χ4n) is 2.01. The monoisotopic (exact) mass is 235 g/mol. The molecular formula is C12H21N5. The Morgan fingerprint density at radius 1 is 1.47 bits per heavy atom. The van der Waals surface area contributed by atoms with Gasteiger partial charge < -0.3 is 16.0 Å². The molecule has 0 amide bonds. The van der Waals surface area contributed by atoms with Crippen molar-refractivity contribution < 1.29 is 0 Å². The number of likely N-dealkylation sites (N-methyl/N-ethyl adjacent to an activating group) is 1. The zero-order valence-corrected chi connectivity index (χ0v) is 10.8. The van der Waals surface area contributed by atoms with E-state index in [1.807, 2.05) is 6.07 Å². The van der Waals surface area contributed by atoms with Gasteiger partial charge in [0.15, 0.2) is 0 Å². The molecule has 0 radical (unpaired) electrons. The second-order valence-electron chi connectivity index (χ2n) is 4.82. The van der Waals surface area contributed by atoms with Crippen LogP contribution in [-0.4, -0.2) is 35.6 Å². The summed E-state index contributed by atoms with van der Waals surface area (Å²) < 4.78 is 0. The summed E-state index contributed by atoms with van der Waals surface area (Å²) in [7, 11) is 0. The number of hydrogen-bond donors (Lipinski definition) is 2. The van der Waals surface area contributed by atoms with Gasteiger partial charge in [-0.1, -0.05) is 20.8 Å². The van der Waals surface area contributed by atoms with Crippen LogP contribution in [0.15, 0.2) is 6.07 Å². The molecule has 0 aromatic carbocycles. The average Bonchev–Trinajstić information content (AvgIpc) is 2.21. The summed E-state index contributed by atoms with van der Waals surface area (Å²) in [4.78, 5) is 10.8. The molecule has 17 heavy (non-hydrogen) atoms. The van der Waals surface area contributed by atoms with Crippen molar-refractivity contribution in [1.82, 2.24) is 15.3 Å². The molecule has 0 atom stereocenters. The third-order valence-electron chi connectivity index (χ3n) is 3.04. The van der Waals surface area contributed by atoms with E-state index in [1.165, 1.54) is 0 Å². The van der Waals surface area contributed by atoms with Crippen LogP contribution in [0.5, 0.6) is 0 Å². The minimum Gasteiger partial charge on any atom is -0.368 e. The summed E-state index contributed by atoms with van der Waals surface area (Å²) >= 11 is 0. The molecular weight excluding hydrogens is 214 g/mol. The number of rotatable bonds is 4. The highest BCUT2D eigenvalue weighted by atomic mass is 15.3. The number of nitrogens with two attached hydrogens (primary N) is 1. The van der Waals surface area contributed by atoms with Crippen molar-refractivity contribution in [2.24, 2.45) is 0 Å². The van der Waals surface area contributed by atoms with Gasteiger partial charge in [-0.15, -0.1) is 0 Å². The second kappa shape index (κ2) is 4.87. The molecule has 94 valence electrons. The Hall–Kier alpha value is -1.36. The summed E-state index contributed by atoms with van der Waals surface area (Å²) in [6, 6.07) is 2.63. The van der Waals surface area contributed by atoms with Gasteiger partial charge in [-0.05, 0) is 12.5 Å². The minimum atomic E-state index is 0.373. The van der Waals surface area contributed by atoms with Gasteiger partial charge in [0.25, 0.3) is 0 Å². The molecule has 0 aliphatic carbocycles.